The van der Waals surface area contributed by atoms with Crippen molar-refractivity contribution >= 4 is 17.7 Å². The lowest BCUT2D eigenvalue weighted by molar-refractivity contribution is -0.120. The average molecular weight is 395 g/mol. The van der Waals surface area contributed by atoms with Crippen molar-refractivity contribution in [1.29, 1.82) is 0 Å². The summed E-state index contributed by atoms with van der Waals surface area (Å²) in [5.74, 6) is 0.642. The molecule has 1 N–H and O–H groups in total. The summed E-state index contributed by atoms with van der Waals surface area (Å²) in [4.78, 5) is 12.9. The third-order valence-electron chi connectivity index (χ3n) is 4.49. The first kappa shape index (κ1) is 18.5. The minimum absolute atomic E-state index is 0.0237. The van der Waals surface area contributed by atoms with Gasteiger partial charge in [-0.1, -0.05) is 48.2 Å². The number of ether oxygens (including phenoxy) is 1. The number of carbonyl (C=O) groups is 1. The Labute approximate surface area is 167 Å². The van der Waals surface area contributed by atoms with Gasteiger partial charge in [-0.3, -0.25) is 4.79 Å². The number of aromatic nitrogens is 4. The molecule has 1 saturated carbocycles. The Bertz CT molecular complexity index is 972. The Morgan fingerprint density at radius 1 is 1.25 bits per heavy atom. The Morgan fingerprint density at radius 3 is 2.75 bits per heavy atom. The number of amides is 1. The molecule has 0 unspecified atom stereocenters. The first-order valence-corrected chi connectivity index (χ1v) is 9.99. The second-order valence-electron chi connectivity index (χ2n) is 6.74. The number of aryl methyl sites for hydroxylation is 1. The summed E-state index contributed by atoms with van der Waals surface area (Å²) in [5, 5.41) is 15.3. The number of thioether (sulfide) groups is 1. The van der Waals surface area contributed by atoms with Crippen LogP contribution in [0.1, 0.15) is 29.2 Å². The normalized spacial score (nSPS) is 14.5. The van der Waals surface area contributed by atoms with Crippen LogP contribution in [0.3, 0.4) is 0 Å². The fraction of sp³-hybridized carbons (Fsp3) is 0.300. The van der Waals surface area contributed by atoms with Crippen LogP contribution >= 0.6 is 11.8 Å². The molecule has 8 heteroatoms. The minimum Gasteiger partial charge on any atom is -0.494 e. The maximum Gasteiger partial charge on any atom is 0.238 e. The van der Waals surface area contributed by atoms with Crippen molar-refractivity contribution in [3.8, 4) is 11.4 Å². The number of carbonyl (C=O) groups excluding carboxylic acids is 1. The van der Waals surface area contributed by atoms with E-state index in [0.717, 1.165) is 29.7 Å². The Hall–Kier alpha value is -2.87. The van der Waals surface area contributed by atoms with Crippen molar-refractivity contribution in [2.75, 3.05) is 7.11 Å². The number of rotatable bonds is 7. The molecule has 0 aliphatic heterocycles. The smallest absolute Gasteiger partial charge is 0.238 e. The van der Waals surface area contributed by atoms with Crippen LogP contribution in [-0.4, -0.2) is 39.3 Å². The highest BCUT2D eigenvalue weighted by atomic mass is 32.2. The maximum atomic E-state index is 12.9. The Balaban J connectivity index is 1.68. The largest absolute Gasteiger partial charge is 0.494 e. The third-order valence-corrected chi connectivity index (χ3v) is 5.68. The molecule has 28 heavy (non-hydrogen) atoms. The van der Waals surface area contributed by atoms with Gasteiger partial charge in [0.15, 0.2) is 0 Å². The lowest BCUT2D eigenvalue weighted by Crippen LogP contribution is -2.30. The van der Waals surface area contributed by atoms with Gasteiger partial charge in [0.05, 0.1) is 7.11 Å². The number of tetrazole rings is 1. The summed E-state index contributed by atoms with van der Waals surface area (Å²) in [6, 6.07) is 15.8. The minimum atomic E-state index is -0.442. The number of nitrogens with one attached hydrogen (secondary N) is 1. The summed E-state index contributed by atoms with van der Waals surface area (Å²) in [5.41, 5.74) is 2.72. The van der Waals surface area contributed by atoms with Gasteiger partial charge in [-0.25, -0.2) is 0 Å². The molecule has 0 bridgehead atoms. The highest BCUT2D eigenvalue weighted by Crippen LogP contribution is 2.37. The summed E-state index contributed by atoms with van der Waals surface area (Å²) >= 11 is 1.33. The lowest BCUT2D eigenvalue weighted by Gasteiger charge is -2.17. The van der Waals surface area contributed by atoms with E-state index in [1.54, 1.807) is 11.8 Å². The maximum absolute atomic E-state index is 12.9. The lowest BCUT2D eigenvalue weighted by atomic mass is 10.1. The van der Waals surface area contributed by atoms with Crippen LogP contribution in [0.25, 0.3) is 5.69 Å². The third kappa shape index (κ3) is 4.01. The van der Waals surface area contributed by atoms with Crippen LogP contribution in [-0.2, 0) is 4.79 Å². The van der Waals surface area contributed by atoms with E-state index < -0.39 is 5.25 Å². The van der Waals surface area contributed by atoms with E-state index >= 15 is 0 Å². The van der Waals surface area contributed by atoms with Crippen LogP contribution in [0.4, 0.5) is 0 Å². The number of benzene rings is 2. The van der Waals surface area contributed by atoms with Gasteiger partial charge >= 0.3 is 0 Å². The molecule has 7 nitrogen and oxygen atoms in total. The highest BCUT2D eigenvalue weighted by Gasteiger charge is 2.30. The van der Waals surface area contributed by atoms with Gasteiger partial charge in [0.1, 0.15) is 16.7 Å². The standard InChI is InChI=1S/C20H21N5O2S/c1-13-8-11-17(27-2)16(12-13)25-20(22-23-24-25)28-18(14-6-4-3-5-7-14)19(26)21-15-9-10-15/h3-8,11-12,15,18H,9-10H2,1-2H3,(H,21,26)/t18-/m0/s1. The van der Waals surface area contributed by atoms with Gasteiger partial charge in [0.25, 0.3) is 0 Å². The van der Waals surface area contributed by atoms with Crippen LogP contribution < -0.4 is 10.1 Å². The molecule has 0 radical (unpaired) electrons. The van der Waals surface area contributed by atoms with E-state index in [1.165, 1.54) is 11.8 Å². The van der Waals surface area contributed by atoms with Gasteiger partial charge in [-0.2, -0.15) is 4.68 Å². The summed E-state index contributed by atoms with van der Waals surface area (Å²) in [7, 11) is 1.61. The molecular weight excluding hydrogens is 374 g/mol. The zero-order valence-corrected chi connectivity index (χ0v) is 16.5. The molecule has 1 heterocycles. The van der Waals surface area contributed by atoms with Gasteiger partial charge in [0, 0.05) is 6.04 Å². The quantitative estimate of drug-likeness (QED) is 0.619. The molecule has 1 aromatic heterocycles. The predicted molar refractivity (Wildman–Crippen MR) is 107 cm³/mol. The molecule has 0 spiro atoms. The highest BCUT2D eigenvalue weighted by molar-refractivity contribution is 8.00. The van der Waals surface area contributed by atoms with Gasteiger partial charge in [-0.15, -0.1) is 5.10 Å². The number of hydrogen-bond donors (Lipinski definition) is 1. The predicted octanol–water partition coefficient (Wildman–Crippen LogP) is 3.09. The topological polar surface area (TPSA) is 81.9 Å². The van der Waals surface area contributed by atoms with Crippen molar-refractivity contribution < 1.29 is 9.53 Å². The van der Waals surface area contributed by atoms with Crippen molar-refractivity contribution in [1.82, 2.24) is 25.5 Å². The Kier molecular flexibility index (Phi) is 5.29. The summed E-state index contributed by atoms with van der Waals surface area (Å²) < 4.78 is 7.09. The molecule has 3 aromatic rings. The molecule has 2 aromatic carbocycles. The van der Waals surface area contributed by atoms with Crippen LogP contribution in [0.2, 0.25) is 0 Å². The van der Waals surface area contributed by atoms with Crippen LogP contribution in [0.5, 0.6) is 5.75 Å². The van der Waals surface area contributed by atoms with Gasteiger partial charge in [0.2, 0.25) is 11.1 Å². The second-order valence-corrected chi connectivity index (χ2v) is 7.81. The molecule has 1 aliphatic carbocycles. The van der Waals surface area contributed by atoms with E-state index in [2.05, 4.69) is 20.8 Å². The van der Waals surface area contributed by atoms with Crippen molar-refractivity contribution in [3.05, 3.63) is 59.7 Å². The number of nitrogens with zero attached hydrogens (tertiary/aromatic N) is 4. The van der Waals surface area contributed by atoms with Crippen LogP contribution in [0.15, 0.2) is 53.7 Å². The number of hydrogen-bond acceptors (Lipinski definition) is 6. The summed E-state index contributed by atoms with van der Waals surface area (Å²) in [6.07, 6.45) is 2.08. The monoisotopic (exact) mass is 395 g/mol. The molecular formula is C20H21N5O2S. The average Bonchev–Trinajstić information content (AvgIpc) is 3.40. The molecule has 0 saturated heterocycles. The fourth-order valence-corrected chi connectivity index (χ4v) is 3.88. The van der Waals surface area contributed by atoms with E-state index in [1.807, 2.05) is 55.5 Å². The molecule has 1 amide bonds. The first-order valence-electron chi connectivity index (χ1n) is 9.11. The fourth-order valence-electron chi connectivity index (χ4n) is 2.88. The van der Waals surface area contributed by atoms with Gasteiger partial charge < -0.3 is 10.1 Å². The molecule has 144 valence electrons. The van der Waals surface area contributed by atoms with Crippen molar-refractivity contribution in [2.45, 2.75) is 36.2 Å². The molecule has 4 rings (SSSR count). The second kappa shape index (κ2) is 8.02. The zero-order chi connectivity index (χ0) is 19.5. The molecule has 1 atom stereocenters. The molecule has 1 fully saturated rings. The number of methoxy groups -OCH3 is 1. The van der Waals surface area contributed by atoms with E-state index in [0.29, 0.717) is 10.9 Å². The van der Waals surface area contributed by atoms with E-state index in [-0.39, 0.29) is 11.9 Å². The van der Waals surface area contributed by atoms with Gasteiger partial charge in [-0.05, 0) is 53.5 Å². The molecule has 1 aliphatic rings. The Morgan fingerprint density at radius 2 is 2.04 bits per heavy atom. The zero-order valence-electron chi connectivity index (χ0n) is 15.7. The SMILES string of the molecule is COc1ccc(C)cc1-n1nnnc1S[C@H](C(=O)NC1CC1)c1ccccc1. The first-order chi connectivity index (χ1) is 13.7. The van der Waals surface area contributed by atoms with Crippen LogP contribution in [0, 0.1) is 6.92 Å². The van der Waals surface area contributed by atoms with Crippen molar-refractivity contribution in [3.63, 3.8) is 0 Å². The summed E-state index contributed by atoms with van der Waals surface area (Å²) in [6.45, 7) is 2.00. The van der Waals surface area contributed by atoms with E-state index in [9.17, 15) is 4.79 Å². The van der Waals surface area contributed by atoms with Crippen molar-refractivity contribution in [2.24, 2.45) is 0 Å². The van der Waals surface area contributed by atoms with E-state index in [4.69, 9.17) is 4.74 Å².